The average molecular weight is 367 g/mol. The van der Waals surface area contributed by atoms with E-state index in [1.165, 1.54) is 12.8 Å². The zero-order chi connectivity index (χ0) is 16.9. The number of hydrogen-bond donors (Lipinski definition) is 1. The smallest absolute Gasteiger partial charge is 0.263 e. The Labute approximate surface area is 157 Å². The maximum atomic E-state index is 12.8. The maximum Gasteiger partial charge on any atom is 0.263 e. The predicted molar refractivity (Wildman–Crippen MR) is 103 cm³/mol. The second-order valence-electron chi connectivity index (χ2n) is 7.28. The van der Waals surface area contributed by atoms with Gasteiger partial charge in [0, 0.05) is 19.1 Å². The van der Waals surface area contributed by atoms with Gasteiger partial charge in [-0.15, -0.1) is 12.4 Å². The van der Waals surface area contributed by atoms with E-state index >= 15 is 0 Å². The number of carbonyl (C=O) groups excluding carboxylic acids is 1. The lowest BCUT2D eigenvalue weighted by atomic mass is 10.0. The van der Waals surface area contributed by atoms with Gasteiger partial charge in [0.2, 0.25) is 0 Å². The van der Waals surface area contributed by atoms with Gasteiger partial charge in [-0.3, -0.25) is 4.79 Å². The van der Waals surface area contributed by atoms with Crippen LogP contribution in [-0.4, -0.2) is 42.6 Å². The fourth-order valence-corrected chi connectivity index (χ4v) is 3.32. The molecule has 0 aromatic heterocycles. The topological polar surface area (TPSA) is 41.6 Å². The van der Waals surface area contributed by atoms with Crippen LogP contribution in [0.15, 0.2) is 24.3 Å². The molecule has 1 saturated carbocycles. The number of likely N-dealkylation sites (tertiary alicyclic amines) is 1. The van der Waals surface area contributed by atoms with Crippen LogP contribution in [-0.2, 0) is 4.79 Å². The Morgan fingerprint density at radius 2 is 2.00 bits per heavy atom. The molecule has 1 heterocycles. The summed E-state index contributed by atoms with van der Waals surface area (Å²) in [5.41, 5.74) is 1.15. The molecule has 0 bridgehead atoms. The van der Waals surface area contributed by atoms with Crippen LogP contribution in [0, 0.1) is 12.8 Å². The van der Waals surface area contributed by atoms with Gasteiger partial charge in [-0.2, -0.15) is 0 Å². The first kappa shape index (κ1) is 20.1. The molecule has 1 atom stereocenters. The lowest BCUT2D eigenvalue weighted by Gasteiger charge is -2.34. The van der Waals surface area contributed by atoms with Crippen molar-refractivity contribution in [3.63, 3.8) is 0 Å². The van der Waals surface area contributed by atoms with Gasteiger partial charge in [-0.05, 0) is 69.2 Å². The molecule has 1 saturated heterocycles. The first-order valence-electron chi connectivity index (χ1n) is 9.41. The van der Waals surface area contributed by atoms with Gasteiger partial charge in [0.15, 0.2) is 6.10 Å². The molecule has 2 fully saturated rings. The van der Waals surface area contributed by atoms with Crippen LogP contribution in [0.25, 0.3) is 0 Å². The molecule has 0 radical (unpaired) electrons. The number of carbonyl (C=O) groups is 1. The summed E-state index contributed by atoms with van der Waals surface area (Å²) >= 11 is 0. The van der Waals surface area contributed by atoms with Crippen LogP contribution in [0.4, 0.5) is 0 Å². The Kier molecular flexibility index (Phi) is 7.57. The number of aryl methyl sites for hydroxylation is 1. The predicted octanol–water partition coefficient (Wildman–Crippen LogP) is 3.56. The van der Waals surface area contributed by atoms with E-state index in [1.54, 1.807) is 0 Å². The number of ether oxygens (including phenoxy) is 1. The number of nitrogens with one attached hydrogen (secondary N) is 1. The molecule has 3 rings (SSSR count). The monoisotopic (exact) mass is 366 g/mol. The number of nitrogens with zero attached hydrogens (tertiary/aromatic N) is 1. The third-order valence-corrected chi connectivity index (χ3v) is 5.11. The molecule has 1 aromatic rings. The van der Waals surface area contributed by atoms with E-state index in [4.69, 9.17) is 4.74 Å². The van der Waals surface area contributed by atoms with E-state index in [9.17, 15) is 4.79 Å². The van der Waals surface area contributed by atoms with Crippen LogP contribution in [0.3, 0.4) is 0 Å². The number of benzene rings is 1. The highest BCUT2D eigenvalue weighted by Crippen LogP contribution is 2.28. The van der Waals surface area contributed by atoms with E-state index in [0.717, 1.165) is 49.7 Å². The summed E-state index contributed by atoms with van der Waals surface area (Å²) in [5, 5.41) is 3.66. The highest BCUT2D eigenvalue weighted by atomic mass is 35.5. The summed E-state index contributed by atoms with van der Waals surface area (Å²) in [6, 6.07) is 8.50. The summed E-state index contributed by atoms with van der Waals surface area (Å²) in [5.74, 6) is 1.84. The van der Waals surface area contributed by atoms with Gasteiger partial charge in [0.05, 0.1) is 0 Å². The van der Waals surface area contributed by atoms with Gasteiger partial charge >= 0.3 is 0 Å². The Morgan fingerprint density at radius 3 is 2.60 bits per heavy atom. The van der Waals surface area contributed by atoms with Crippen molar-refractivity contribution in [2.24, 2.45) is 5.92 Å². The van der Waals surface area contributed by atoms with Crippen molar-refractivity contribution in [3.8, 4) is 5.75 Å². The van der Waals surface area contributed by atoms with Crippen molar-refractivity contribution >= 4 is 18.3 Å². The summed E-state index contributed by atoms with van der Waals surface area (Å²) in [6.07, 6.45) is 5.21. The SMILES string of the molecule is CCC(Oc1cccc(C)c1)C(=O)N1CCC(NCC2CC2)CC1.Cl. The molecular formula is C20H31ClN2O2. The van der Waals surface area contributed by atoms with Crippen LogP contribution >= 0.6 is 12.4 Å². The number of amides is 1. The molecule has 1 unspecified atom stereocenters. The van der Waals surface area contributed by atoms with E-state index in [2.05, 4.69) is 5.32 Å². The third kappa shape index (κ3) is 5.89. The Balaban J connectivity index is 0.00000225. The zero-order valence-corrected chi connectivity index (χ0v) is 16.2. The Morgan fingerprint density at radius 1 is 1.28 bits per heavy atom. The molecule has 25 heavy (non-hydrogen) atoms. The van der Waals surface area contributed by atoms with Crippen LogP contribution in [0.5, 0.6) is 5.75 Å². The van der Waals surface area contributed by atoms with Crippen LogP contribution in [0.2, 0.25) is 0 Å². The highest BCUT2D eigenvalue weighted by Gasteiger charge is 2.29. The second-order valence-corrected chi connectivity index (χ2v) is 7.28. The molecule has 1 amide bonds. The normalized spacial score (nSPS) is 19.2. The van der Waals surface area contributed by atoms with Gasteiger partial charge in [0.25, 0.3) is 5.91 Å². The molecule has 5 heteroatoms. The highest BCUT2D eigenvalue weighted by molar-refractivity contribution is 5.85. The van der Waals surface area contributed by atoms with Crippen molar-refractivity contribution in [3.05, 3.63) is 29.8 Å². The summed E-state index contributed by atoms with van der Waals surface area (Å²) in [7, 11) is 0. The van der Waals surface area contributed by atoms with E-state index < -0.39 is 0 Å². The van der Waals surface area contributed by atoms with E-state index in [-0.39, 0.29) is 24.4 Å². The van der Waals surface area contributed by atoms with Crippen molar-refractivity contribution in [2.45, 2.75) is 58.1 Å². The molecule has 0 spiro atoms. The first-order valence-corrected chi connectivity index (χ1v) is 9.41. The fourth-order valence-electron chi connectivity index (χ4n) is 3.32. The number of hydrogen-bond acceptors (Lipinski definition) is 3. The molecule has 1 aromatic carbocycles. The van der Waals surface area contributed by atoms with Crippen molar-refractivity contribution < 1.29 is 9.53 Å². The van der Waals surface area contributed by atoms with Crippen molar-refractivity contribution in [1.29, 1.82) is 0 Å². The average Bonchev–Trinajstić information content (AvgIpc) is 3.42. The number of halogens is 1. The van der Waals surface area contributed by atoms with Crippen LogP contribution < -0.4 is 10.1 Å². The maximum absolute atomic E-state index is 12.8. The molecule has 1 aliphatic carbocycles. The molecule has 1 N–H and O–H groups in total. The van der Waals surface area contributed by atoms with E-state index in [1.807, 2.05) is 43.0 Å². The summed E-state index contributed by atoms with van der Waals surface area (Å²) in [6.45, 7) is 6.90. The largest absolute Gasteiger partial charge is 0.481 e. The first-order chi connectivity index (χ1) is 11.7. The minimum Gasteiger partial charge on any atom is -0.481 e. The van der Waals surface area contributed by atoms with Crippen LogP contribution in [0.1, 0.15) is 44.6 Å². The molecular weight excluding hydrogens is 336 g/mol. The molecule has 2 aliphatic rings. The van der Waals surface area contributed by atoms with Gasteiger partial charge < -0.3 is 15.0 Å². The zero-order valence-electron chi connectivity index (χ0n) is 15.4. The lowest BCUT2D eigenvalue weighted by molar-refractivity contribution is -0.140. The summed E-state index contributed by atoms with van der Waals surface area (Å²) < 4.78 is 5.97. The molecule has 140 valence electrons. The fraction of sp³-hybridized carbons (Fsp3) is 0.650. The number of piperidine rings is 1. The van der Waals surface area contributed by atoms with Gasteiger partial charge in [-0.1, -0.05) is 19.1 Å². The minimum atomic E-state index is -0.372. The Bertz CT molecular complexity index is 554. The summed E-state index contributed by atoms with van der Waals surface area (Å²) in [4.78, 5) is 14.8. The molecule has 4 nitrogen and oxygen atoms in total. The third-order valence-electron chi connectivity index (χ3n) is 5.11. The van der Waals surface area contributed by atoms with E-state index in [0.29, 0.717) is 12.5 Å². The lowest BCUT2D eigenvalue weighted by Crippen LogP contribution is -2.49. The minimum absolute atomic E-state index is 0. The standard InChI is InChI=1S/C20H30N2O2.ClH/c1-3-19(24-18-6-4-5-15(2)13-18)20(23)22-11-9-17(10-12-22)21-14-16-7-8-16;/h4-6,13,16-17,19,21H,3,7-12,14H2,1-2H3;1H. The number of rotatable bonds is 7. The van der Waals surface area contributed by atoms with Crippen molar-refractivity contribution in [1.82, 2.24) is 10.2 Å². The van der Waals surface area contributed by atoms with Gasteiger partial charge in [0.1, 0.15) is 5.75 Å². The molecule has 1 aliphatic heterocycles. The quantitative estimate of drug-likeness (QED) is 0.802. The second kappa shape index (κ2) is 9.44. The Hall–Kier alpha value is -1.26. The van der Waals surface area contributed by atoms with Crippen molar-refractivity contribution in [2.75, 3.05) is 19.6 Å². The van der Waals surface area contributed by atoms with Gasteiger partial charge in [-0.25, -0.2) is 0 Å².